The Hall–Kier alpha value is -2.09. The van der Waals surface area contributed by atoms with Crippen molar-refractivity contribution >= 4 is 11.6 Å². The Morgan fingerprint density at radius 2 is 1.83 bits per heavy atom. The van der Waals surface area contributed by atoms with E-state index in [1.807, 2.05) is 48.5 Å². The predicted molar refractivity (Wildman–Crippen MR) is 75.0 cm³/mol. The van der Waals surface area contributed by atoms with Gasteiger partial charge in [0.25, 0.3) is 5.91 Å². The minimum absolute atomic E-state index is 0.0680. The number of carbonyl (C=O) groups excluding carboxylic acids is 1. The number of carbonyl (C=O) groups is 1. The molecule has 0 saturated carbocycles. The largest absolute Gasteiger partial charge is 0.322 e. The molecule has 18 heavy (non-hydrogen) atoms. The van der Waals surface area contributed by atoms with Crippen LogP contribution < -0.4 is 5.32 Å². The molecule has 0 saturated heterocycles. The van der Waals surface area contributed by atoms with Crippen molar-refractivity contribution in [3.05, 3.63) is 65.2 Å². The van der Waals surface area contributed by atoms with Gasteiger partial charge in [0, 0.05) is 11.3 Å². The molecule has 2 heteroatoms. The molecule has 0 spiro atoms. The molecule has 0 aliphatic heterocycles. The van der Waals surface area contributed by atoms with Crippen LogP contribution in [0.5, 0.6) is 0 Å². The number of amides is 1. The Kier molecular flexibility index (Phi) is 3.78. The topological polar surface area (TPSA) is 29.1 Å². The van der Waals surface area contributed by atoms with Crippen molar-refractivity contribution in [2.45, 2.75) is 20.3 Å². The normalized spacial score (nSPS) is 10.1. The first-order valence-corrected chi connectivity index (χ1v) is 6.16. The third-order valence-corrected chi connectivity index (χ3v) is 3.02. The number of benzene rings is 2. The fraction of sp³-hybridized carbons (Fsp3) is 0.188. The monoisotopic (exact) mass is 239 g/mol. The Balaban J connectivity index is 2.17. The van der Waals surface area contributed by atoms with Crippen molar-refractivity contribution in [2.24, 2.45) is 0 Å². The summed E-state index contributed by atoms with van der Waals surface area (Å²) in [6.07, 6.45) is 0.973. The number of aryl methyl sites for hydroxylation is 2. The third kappa shape index (κ3) is 2.77. The van der Waals surface area contributed by atoms with Gasteiger partial charge in [-0.15, -0.1) is 0 Å². The van der Waals surface area contributed by atoms with E-state index >= 15 is 0 Å². The Morgan fingerprint density at radius 3 is 2.50 bits per heavy atom. The molecule has 0 unspecified atom stereocenters. The van der Waals surface area contributed by atoms with Gasteiger partial charge in [0.05, 0.1) is 0 Å². The standard InChI is InChI=1S/C16H17NO/c1-3-13-11-15(10-9-12(13)2)17-16(18)14-7-5-4-6-8-14/h4-11H,3H2,1-2H3,(H,17,18). The molecule has 1 amide bonds. The number of rotatable bonds is 3. The molecule has 2 aromatic carbocycles. The van der Waals surface area contributed by atoms with Crippen LogP contribution in [0.1, 0.15) is 28.4 Å². The van der Waals surface area contributed by atoms with Crippen molar-refractivity contribution < 1.29 is 4.79 Å². The first-order chi connectivity index (χ1) is 8.70. The van der Waals surface area contributed by atoms with Crippen LogP contribution in [-0.4, -0.2) is 5.91 Å². The van der Waals surface area contributed by atoms with E-state index in [0.717, 1.165) is 12.1 Å². The van der Waals surface area contributed by atoms with E-state index in [9.17, 15) is 4.79 Å². The molecule has 0 aliphatic rings. The molecule has 0 fully saturated rings. The highest BCUT2D eigenvalue weighted by atomic mass is 16.1. The molecule has 0 atom stereocenters. The zero-order valence-corrected chi connectivity index (χ0v) is 10.7. The van der Waals surface area contributed by atoms with Crippen molar-refractivity contribution in [1.29, 1.82) is 0 Å². The molecule has 0 aliphatic carbocycles. The highest BCUT2D eigenvalue weighted by Gasteiger charge is 2.05. The number of hydrogen-bond donors (Lipinski definition) is 1. The summed E-state index contributed by atoms with van der Waals surface area (Å²) in [5, 5.41) is 2.92. The minimum Gasteiger partial charge on any atom is -0.322 e. The summed E-state index contributed by atoms with van der Waals surface area (Å²) in [5.41, 5.74) is 4.05. The molecule has 92 valence electrons. The maximum atomic E-state index is 12.0. The van der Waals surface area contributed by atoms with Crippen molar-refractivity contribution in [1.82, 2.24) is 0 Å². The minimum atomic E-state index is -0.0680. The van der Waals surface area contributed by atoms with Crippen LogP contribution in [0.2, 0.25) is 0 Å². The molecule has 0 radical (unpaired) electrons. The van der Waals surface area contributed by atoms with Crippen molar-refractivity contribution in [2.75, 3.05) is 5.32 Å². The highest BCUT2D eigenvalue weighted by Crippen LogP contribution is 2.16. The van der Waals surface area contributed by atoms with Gasteiger partial charge in [0.15, 0.2) is 0 Å². The van der Waals surface area contributed by atoms with Gasteiger partial charge in [-0.3, -0.25) is 4.79 Å². The zero-order valence-electron chi connectivity index (χ0n) is 10.7. The summed E-state index contributed by atoms with van der Waals surface area (Å²) in [4.78, 5) is 12.0. The van der Waals surface area contributed by atoms with Gasteiger partial charge in [-0.1, -0.05) is 31.2 Å². The average molecular weight is 239 g/mol. The van der Waals surface area contributed by atoms with Crippen molar-refractivity contribution in [3.8, 4) is 0 Å². The summed E-state index contributed by atoms with van der Waals surface area (Å²) < 4.78 is 0. The Bertz CT molecular complexity index is 546. The first kappa shape index (κ1) is 12.4. The molecule has 1 N–H and O–H groups in total. The first-order valence-electron chi connectivity index (χ1n) is 6.16. The van der Waals surface area contributed by atoms with Crippen LogP contribution in [0.3, 0.4) is 0 Å². The van der Waals surface area contributed by atoms with E-state index in [-0.39, 0.29) is 5.91 Å². The lowest BCUT2D eigenvalue weighted by Gasteiger charge is -2.09. The fourth-order valence-electron chi connectivity index (χ4n) is 1.92. The summed E-state index contributed by atoms with van der Waals surface area (Å²) in [6.45, 7) is 4.20. The third-order valence-electron chi connectivity index (χ3n) is 3.02. The Morgan fingerprint density at radius 1 is 1.11 bits per heavy atom. The van der Waals surface area contributed by atoms with Gasteiger partial charge >= 0.3 is 0 Å². The molecular weight excluding hydrogens is 222 g/mol. The van der Waals surface area contributed by atoms with Crippen LogP contribution >= 0.6 is 0 Å². The number of anilines is 1. The van der Waals surface area contributed by atoms with E-state index < -0.39 is 0 Å². The maximum absolute atomic E-state index is 12.0. The Labute approximate surface area is 108 Å². The second-order valence-electron chi connectivity index (χ2n) is 4.31. The van der Waals surface area contributed by atoms with Gasteiger partial charge < -0.3 is 5.32 Å². The summed E-state index contributed by atoms with van der Waals surface area (Å²) in [5.74, 6) is -0.0680. The van der Waals surface area contributed by atoms with Crippen LogP contribution in [0, 0.1) is 6.92 Å². The van der Waals surface area contributed by atoms with Crippen LogP contribution in [0.15, 0.2) is 48.5 Å². The van der Waals surface area contributed by atoms with Gasteiger partial charge in [-0.05, 0) is 48.7 Å². The molecule has 0 aromatic heterocycles. The fourth-order valence-corrected chi connectivity index (χ4v) is 1.92. The lowest BCUT2D eigenvalue weighted by molar-refractivity contribution is 0.102. The van der Waals surface area contributed by atoms with E-state index in [0.29, 0.717) is 5.56 Å². The van der Waals surface area contributed by atoms with Crippen LogP contribution in [0.4, 0.5) is 5.69 Å². The average Bonchev–Trinajstić information content (AvgIpc) is 2.42. The number of hydrogen-bond acceptors (Lipinski definition) is 1. The maximum Gasteiger partial charge on any atom is 0.255 e. The van der Waals surface area contributed by atoms with E-state index in [1.165, 1.54) is 11.1 Å². The summed E-state index contributed by atoms with van der Waals surface area (Å²) in [6, 6.07) is 15.3. The smallest absolute Gasteiger partial charge is 0.255 e. The van der Waals surface area contributed by atoms with Gasteiger partial charge in [0.1, 0.15) is 0 Å². The van der Waals surface area contributed by atoms with Gasteiger partial charge in [-0.25, -0.2) is 0 Å². The second kappa shape index (κ2) is 5.50. The zero-order chi connectivity index (χ0) is 13.0. The quantitative estimate of drug-likeness (QED) is 0.867. The van der Waals surface area contributed by atoms with E-state index in [4.69, 9.17) is 0 Å². The lowest BCUT2D eigenvalue weighted by Crippen LogP contribution is -2.11. The number of nitrogens with one attached hydrogen (secondary N) is 1. The predicted octanol–water partition coefficient (Wildman–Crippen LogP) is 3.81. The highest BCUT2D eigenvalue weighted by molar-refractivity contribution is 6.04. The lowest BCUT2D eigenvalue weighted by atomic mass is 10.1. The molecule has 2 aromatic rings. The molecular formula is C16H17NO. The van der Waals surface area contributed by atoms with Crippen molar-refractivity contribution in [3.63, 3.8) is 0 Å². The van der Waals surface area contributed by atoms with E-state index in [1.54, 1.807) is 0 Å². The molecule has 0 heterocycles. The van der Waals surface area contributed by atoms with Gasteiger partial charge in [-0.2, -0.15) is 0 Å². The van der Waals surface area contributed by atoms with Crippen LogP contribution in [-0.2, 0) is 6.42 Å². The second-order valence-corrected chi connectivity index (χ2v) is 4.31. The molecule has 2 rings (SSSR count). The molecule has 0 bridgehead atoms. The van der Waals surface area contributed by atoms with E-state index in [2.05, 4.69) is 19.2 Å². The summed E-state index contributed by atoms with van der Waals surface area (Å²) >= 11 is 0. The summed E-state index contributed by atoms with van der Waals surface area (Å²) in [7, 11) is 0. The molecule has 2 nitrogen and oxygen atoms in total. The van der Waals surface area contributed by atoms with Gasteiger partial charge in [0.2, 0.25) is 0 Å². The van der Waals surface area contributed by atoms with Crippen LogP contribution in [0.25, 0.3) is 0 Å². The SMILES string of the molecule is CCc1cc(NC(=O)c2ccccc2)ccc1C.